The van der Waals surface area contributed by atoms with E-state index in [-0.39, 0.29) is 5.82 Å². The maximum absolute atomic E-state index is 12.7. The zero-order valence-electron chi connectivity index (χ0n) is 10.7. The normalized spacial score (nSPS) is 12.5. The molecule has 0 aliphatic rings. The van der Waals surface area contributed by atoms with E-state index in [1.165, 1.54) is 12.1 Å². The molecule has 0 spiro atoms. The Hall–Kier alpha value is -1.72. The number of nitrogens with zero attached hydrogens (tertiary/aromatic N) is 2. The second-order valence-corrected chi connectivity index (χ2v) is 4.43. The zero-order chi connectivity index (χ0) is 13.5. The molecule has 0 bridgehead atoms. The molecular weight excluding hydrogens is 245 g/mol. The van der Waals surface area contributed by atoms with Gasteiger partial charge in [0.1, 0.15) is 5.82 Å². The van der Waals surface area contributed by atoms with E-state index in [0.29, 0.717) is 6.54 Å². The Kier molecular flexibility index (Phi) is 5.06. The van der Waals surface area contributed by atoms with Crippen molar-refractivity contribution in [1.82, 2.24) is 14.9 Å². The van der Waals surface area contributed by atoms with Crippen molar-refractivity contribution in [3.05, 3.63) is 54.4 Å². The highest BCUT2D eigenvalue weighted by Gasteiger charge is 2.06. The molecule has 2 N–H and O–H groups in total. The van der Waals surface area contributed by atoms with Gasteiger partial charge in [0.05, 0.1) is 12.4 Å². The number of benzene rings is 1. The Labute approximate surface area is 111 Å². The van der Waals surface area contributed by atoms with Crippen LogP contribution < -0.4 is 5.32 Å². The Balaban J connectivity index is 1.63. The molecule has 4 nitrogen and oxygen atoms in total. The van der Waals surface area contributed by atoms with Crippen molar-refractivity contribution in [3.63, 3.8) is 0 Å². The predicted molar refractivity (Wildman–Crippen MR) is 71.1 cm³/mol. The lowest BCUT2D eigenvalue weighted by molar-refractivity contribution is 0.174. The van der Waals surface area contributed by atoms with Crippen molar-refractivity contribution in [3.8, 4) is 0 Å². The number of nitrogens with one attached hydrogen (secondary N) is 1. The van der Waals surface area contributed by atoms with Crippen molar-refractivity contribution < 1.29 is 9.50 Å². The molecule has 5 heteroatoms. The van der Waals surface area contributed by atoms with Crippen LogP contribution in [-0.4, -0.2) is 27.7 Å². The molecule has 19 heavy (non-hydrogen) atoms. The first-order valence-corrected chi connectivity index (χ1v) is 6.35. The van der Waals surface area contributed by atoms with Gasteiger partial charge in [0.2, 0.25) is 0 Å². The van der Waals surface area contributed by atoms with Gasteiger partial charge >= 0.3 is 0 Å². The van der Waals surface area contributed by atoms with Gasteiger partial charge in [-0.2, -0.15) is 0 Å². The number of aromatic nitrogens is 2. The highest BCUT2D eigenvalue weighted by Crippen LogP contribution is 2.12. The maximum Gasteiger partial charge on any atom is 0.123 e. The second kappa shape index (κ2) is 7.01. The van der Waals surface area contributed by atoms with Crippen LogP contribution in [0.4, 0.5) is 4.39 Å². The lowest BCUT2D eigenvalue weighted by Crippen LogP contribution is -2.23. The summed E-state index contributed by atoms with van der Waals surface area (Å²) in [6.07, 6.45) is 5.83. The highest BCUT2D eigenvalue weighted by atomic mass is 19.1. The molecule has 0 fully saturated rings. The number of imidazole rings is 1. The number of aliphatic hydroxyl groups is 1. The fraction of sp³-hybridized carbons (Fsp3) is 0.357. The first-order valence-electron chi connectivity index (χ1n) is 6.35. The SMILES string of the molecule is OC(CNCCCn1ccnc1)c1ccc(F)cc1. The van der Waals surface area contributed by atoms with E-state index < -0.39 is 6.10 Å². The van der Waals surface area contributed by atoms with Crippen molar-refractivity contribution >= 4 is 0 Å². The summed E-state index contributed by atoms with van der Waals surface area (Å²) < 4.78 is 14.7. The molecule has 1 heterocycles. The van der Waals surface area contributed by atoms with Gasteiger partial charge in [-0.05, 0) is 30.7 Å². The molecule has 1 unspecified atom stereocenters. The summed E-state index contributed by atoms with van der Waals surface area (Å²) in [5, 5.41) is 13.1. The number of hydrogen-bond acceptors (Lipinski definition) is 3. The van der Waals surface area contributed by atoms with Gasteiger partial charge in [-0.3, -0.25) is 0 Å². The summed E-state index contributed by atoms with van der Waals surface area (Å²) in [7, 11) is 0. The fourth-order valence-corrected chi connectivity index (χ4v) is 1.85. The molecular formula is C14H18FN3O. The first-order chi connectivity index (χ1) is 9.25. The summed E-state index contributed by atoms with van der Waals surface area (Å²) >= 11 is 0. The smallest absolute Gasteiger partial charge is 0.123 e. The Bertz CT molecular complexity index is 470. The standard InChI is InChI=1S/C14H18FN3O/c15-13-4-2-12(3-5-13)14(19)10-16-6-1-8-18-9-7-17-11-18/h2-5,7,9,11,14,16,19H,1,6,8,10H2. The van der Waals surface area contributed by atoms with Crippen molar-refractivity contribution in [1.29, 1.82) is 0 Å². The van der Waals surface area contributed by atoms with Crippen molar-refractivity contribution in [2.24, 2.45) is 0 Å². The van der Waals surface area contributed by atoms with Crippen LogP contribution in [-0.2, 0) is 6.54 Å². The van der Waals surface area contributed by atoms with E-state index in [9.17, 15) is 9.50 Å². The molecule has 0 radical (unpaired) electrons. The lowest BCUT2D eigenvalue weighted by atomic mass is 10.1. The van der Waals surface area contributed by atoms with E-state index >= 15 is 0 Å². The molecule has 0 aliphatic carbocycles. The van der Waals surface area contributed by atoms with Gasteiger partial charge in [-0.15, -0.1) is 0 Å². The van der Waals surface area contributed by atoms with E-state index in [1.807, 2.05) is 10.8 Å². The lowest BCUT2D eigenvalue weighted by Gasteiger charge is -2.12. The quantitative estimate of drug-likeness (QED) is 0.748. The summed E-state index contributed by atoms with van der Waals surface area (Å²) in [5.41, 5.74) is 0.725. The van der Waals surface area contributed by atoms with E-state index in [4.69, 9.17) is 0 Å². The third kappa shape index (κ3) is 4.46. The van der Waals surface area contributed by atoms with Crippen LogP contribution in [0.15, 0.2) is 43.0 Å². The van der Waals surface area contributed by atoms with E-state index in [0.717, 1.165) is 25.1 Å². The Morgan fingerprint density at radius 2 is 2.11 bits per heavy atom. The predicted octanol–water partition coefficient (Wildman–Crippen LogP) is 1.74. The number of aryl methyl sites for hydroxylation is 1. The van der Waals surface area contributed by atoms with Gasteiger partial charge in [-0.1, -0.05) is 12.1 Å². The fourth-order valence-electron chi connectivity index (χ4n) is 1.85. The minimum Gasteiger partial charge on any atom is -0.387 e. The molecule has 2 aromatic rings. The van der Waals surface area contributed by atoms with Gasteiger partial charge < -0.3 is 15.0 Å². The van der Waals surface area contributed by atoms with Crippen LogP contribution in [0.2, 0.25) is 0 Å². The summed E-state index contributed by atoms with van der Waals surface area (Å²) in [5.74, 6) is -0.288. The average molecular weight is 263 g/mol. The van der Waals surface area contributed by atoms with Crippen LogP contribution in [0.5, 0.6) is 0 Å². The summed E-state index contributed by atoms with van der Waals surface area (Å²) in [6.45, 7) is 2.19. The second-order valence-electron chi connectivity index (χ2n) is 4.43. The topological polar surface area (TPSA) is 50.1 Å². The molecule has 0 aliphatic heterocycles. The summed E-state index contributed by atoms with van der Waals surface area (Å²) in [4.78, 5) is 3.97. The van der Waals surface area contributed by atoms with E-state index in [2.05, 4.69) is 10.3 Å². The maximum atomic E-state index is 12.7. The minimum absolute atomic E-state index is 0.288. The number of hydrogen-bond donors (Lipinski definition) is 2. The molecule has 2 rings (SSSR count). The zero-order valence-corrected chi connectivity index (χ0v) is 10.7. The number of rotatable bonds is 7. The van der Waals surface area contributed by atoms with Gasteiger partial charge in [0.15, 0.2) is 0 Å². The molecule has 1 aromatic heterocycles. The van der Waals surface area contributed by atoms with Crippen LogP contribution >= 0.6 is 0 Å². The third-order valence-corrected chi connectivity index (χ3v) is 2.92. The molecule has 0 saturated carbocycles. The van der Waals surface area contributed by atoms with Gasteiger partial charge in [-0.25, -0.2) is 9.37 Å². The Morgan fingerprint density at radius 3 is 2.79 bits per heavy atom. The largest absolute Gasteiger partial charge is 0.387 e. The van der Waals surface area contributed by atoms with Crippen molar-refractivity contribution in [2.45, 2.75) is 19.1 Å². The highest BCUT2D eigenvalue weighted by molar-refractivity contribution is 5.18. The van der Waals surface area contributed by atoms with Crippen LogP contribution in [0.1, 0.15) is 18.1 Å². The van der Waals surface area contributed by atoms with Crippen LogP contribution in [0.3, 0.4) is 0 Å². The third-order valence-electron chi connectivity index (χ3n) is 2.92. The first kappa shape index (κ1) is 13.7. The Morgan fingerprint density at radius 1 is 1.32 bits per heavy atom. The van der Waals surface area contributed by atoms with E-state index in [1.54, 1.807) is 24.7 Å². The van der Waals surface area contributed by atoms with Crippen LogP contribution in [0.25, 0.3) is 0 Å². The molecule has 102 valence electrons. The molecule has 0 saturated heterocycles. The van der Waals surface area contributed by atoms with Crippen molar-refractivity contribution in [2.75, 3.05) is 13.1 Å². The number of halogens is 1. The molecule has 1 aromatic carbocycles. The average Bonchev–Trinajstić information content (AvgIpc) is 2.92. The minimum atomic E-state index is -0.603. The monoisotopic (exact) mass is 263 g/mol. The van der Waals surface area contributed by atoms with Gasteiger partial charge in [0.25, 0.3) is 0 Å². The van der Waals surface area contributed by atoms with Crippen LogP contribution in [0, 0.1) is 5.82 Å². The van der Waals surface area contributed by atoms with Gasteiger partial charge in [0, 0.05) is 25.5 Å². The molecule has 0 amide bonds. The number of aliphatic hydroxyl groups excluding tert-OH is 1. The summed E-state index contributed by atoms with van der Waals surface area (Å²) in [6, 6.07) is 5.93. The molecule has 1 atom stereocenters.